The maximum absolute atomic E-state index is 10.5. The van der Waals surface area contributed by atoms with Crippen molar-refractivity contribution in [3.05, 3.63) is 51.6 Å². The molecule has 0 aliphatic rings. The van der Waals surface area contributed by atoms with Crippen molar-refractivity contribution >= 4 is 17.3 Å². The van der Waals surface area contributed by atoms with E-state index in [1.165, 1.54) is 12.1 Å². The van der Waals surface area contributed by atoms with E-state index in [-0.39, 0.29) is 5.69 Å². The molecule has 0 saturated heterocycles. The number of nitro groups is 1. The average Bonchev–Trinajstić information content (AvgIpc) is 2.17. The van der Waals surface area contributed by atoms with E-state index < -0.39 is 4.92 Å². The molecule has 0 radical (unpaired) electrons. The summed E-state index contributed by atoms with van der Waals surface area (Å²) >= 11 is 5.56. The van der Waals surface area contributed by atoms with Crippen LogP contribution >= 0.6 is 11.6 Å². The summed E-state index contributed by atoms with van der Waals surface area (Å²) in [6.45, 7) is 4.55. The van der Waals surface area contributed by atoms with Crippen LogP contribution in [-0.4, -0.2) is 11.5 Å². The van der Waals surface area contributed by atoms with E-state index >= 15 is 0 Å². The first-order valence-electron chi connectivity index (χ1n) is 4.37. The minimum atomic E-state index is -0.413. The Labute approximate surface area is 92.7 Å². The fraction of sp³-hybridized carbons (Fsp3) is 0.200. The number of halogens is 1. The number of non-ortho nitro benzene ring substituents is 1. The van der Waals surface area contributed by atoms with Crippen LogP contribution in [0.2, 0.25) is 0 Å². The van der Waals surface area contributed by atoms with Crippen LogP contribution in [0.25, 0.3) is 0 Å². The molecule has 0 heterocycles. The molecule has 0 aromatic heterocycles. The van der Waals surface area contributed by atoms with Crippen molar-refractivity contribution in [1.29, 1.82) is 0 Å². The Balaban J connectivity index is 2.58. The van der Waals surface area contributed by atoms with E-state index in [0.717, 1.165) is 5.56 Å². The van der Waals surface area contributed by atoms with Crippen LogP contribution in [-0.2, 0) is 6.54 Å². The lowest BCUT2D eigenvalue weighted by molar-refractivity contribution is -0.384. The lowest BCUT2D eigenvalue weighted by Gasteiger charge is -2.03. The Morgan fingerprint density at radius 3 is 2.93 bits per heavy atom. The molecule has 4 nitrogen and oxygen atoms in total. The van der Waals surface area contributed by atoms with Gasteiger partial charge in [0.15, 0.2) is 0 Å². The van der Waals surface area contributed by atoms with Gasteiger partial charge in [0.05, 0.1) is 4.92 Å². The number of nitrogens with zero attached hydrogens (tertiary/aromatic N) is 1. The van der Waals surface area contributed by atoms with Crippen molar-refractivity contribution in [2.75, 3.05) is 6.54 Å². The van der Waals surface area contributed by atoms with Crippen molar-refractivity contribution in [3.63, 3.8) is 0 Å². The summed E-state index contributed by atoms with van der Waals surface area (Å²) in [4.78, 5) is 10.1. The molecule has 0 unspecified atom stereocenters. The standard InChI is InChI=1S/C10H11ClN2O2/c1-8(11)6-12-7-9-3-2-4-10(5-9)13(14)15/h2-5,12H,1,6-7H2. The molecule has 0 aliphatic heterocycles. The van der Waals surface area contributed by atoms with Crippen LogP contribution in [0, 0.1) is 10.1 Å². The Hall–Kier alpha value is -1.39. The van der Waals surface area contributed by atoms with Gasteiger partial charge in [-0.05, 0) is 5.56 Å². The van der Waals surface area contributed by atoms with Gasteiger partial charge in [0.1, 0.15) is 0 Å². The highest BCUT2D eigenvalue weighted by atomic mass is 35.5. The van der Waals surface area contributed by atoms with E-state index in [2.05, 4.69) is 11.9 Å². The van der Waals surface area contributed by atoms with E-state index in [0.29, 0.717) is 18.1 Å². The summed E-state index contributed by atoms with van der Waals surface area (Å²) in [7, 11) is 0. The second-order valence-corrected chi connectivity index (χ2v) is 3.58. The first-order valence-corrected chi connectivity index (χ1v) is 4.74. The Morgan fingerprint density at radius 1 is 1.60 bits per heavy atom. The molecule has 0 bridgehead atoms. The maximum Gasteiger partial charge on any atom is 0.269 e. The highest BCUT2D eigenvalue weighted by molar-refractivity contribution is 6.29. The van der Waals surface area contributed by atoms with E-state index in [1.54, 1.807) is 6.07 Å². The Kier molecular flexibility index (Phi) is 4.27. The molecule has 0 amide bonds. The molecule has 0 atom stereocenters. The van der Waals surface area contributed by atoms with Crippen molar-refractivity contribution < 1.29 is 4.92 Å². The molecule has 1 aromatic rings. The number of nitro benzene ring substituents is 1. The van der Waals surface area contributed by atoms with Gasteiger partial charge in [-0.2, -0.15) is 0 Å². The summed E-state index contributed by atoms with van der Waals surface area (Å²) in [5, 5.41) is 14.0. The lowest BCUT2D eigenvalue weighted by atomic mass is 10.2. The summed E-state index contributed by atoms with van der Waals surface area (Å²) in [5.41, 5.74) is 0.945. The SMILES string of the molecule is C=C(Cl)CNCc1cccc([N+](=O)[O-])c1. The fourth-order valence-corrected chi connectivity index (χ4v) is 1.22. The molecule has 80 valence electrons. The zero-order chi connectivity index (χ0) is 11.3. The summed E-state index contributed by atoms with van der Waals surface area (Å²) in [6.07, 6.45) is 0. The molecule has 1 rings (SSSR count). The fourth-order valence-electron chi connectivity index (χ4n) is 1.12. The van der Waals surface area contributed by atoms with Crippen LogP contribution in [0.5, 0.6) is 0 Å². The number of rotatable bonds is 5. The van der Waals surface area contributed by atoms with Gasteiger partial charge in [-0.1, -0.05) is 30.3 Å². The minimum absolute atomic E-state index is 0.0963. The molecule has 0 saturated carbocycles. The molecule has 0 spiro atoms. The van der Waals surface area contributed by atoms with Gasteiger partial charge >= 0.3 is 0 Å². The summed E-state index contributed by atoms with van der Waals surface area (Å²) in [6, 6.07) is 6.47. The molecule has 0 fully saturated rings. The molecule has 0 aliphatic carbocycles. The smallest absolute Gasteiger partial charge is 0.269 e. The van der Waals surface area contributed by atoms with Gasteiger partial charge < -0.3 is 5.32 Å². The predicted octanol–water partition coefficient (Wildman–Crippen LogP) is 2.44. The highest BCUT2D eigenvalue weighted by Gasteiger charge is 2.04. The first kappa shape index (κ1) is 11.7. The second kappa shape index (κ2) is 5.48. The lowest BCUT2D eigenvalue weighted by Crippen LogP contribution is -2.14. The van der Waals surface area contributed by atoms with Crippen LogP contribution in [0.4, 0.5) is 5.69 Å². The number of hydrogen-bond donors (Lipinski definition) is 1. The zero-order valence-electron chi connectivity index (χ0n) is 8.07. The third-order valence-corrected chi connectivity index (χ3v) is 1.90. The maximum atomic E-state index is 10.5. The number of benzene rings is 1. The van der Waals surface area contributed by atoms with Gasteiger partial charge in [-0.3, -0.25) is 10.1 Å². The molecule has 5 heteroatoms. The average molecular weight is 227 g/mol. The predicted molar refractivity (Wildman–Crippen MR) is 59.8 cm³/mol. The first-order chi connectivity index (χ1) is 7.09. The Morgan fingerprint density at radius 2 is 2.33 bits per heavy atom. The van der Waals surface area contributed by atoms with Crippen molar-refractivity contribution in [2.45, 2.75) is 6.54 Å². The molecular formula is C10H11ClN2O2. The van der Waals surface area contributed by atoms with Gasteiger partial charge in [-0.15, -0.1) is 0 Å². The normalized spacial score (nSPS) is 9.93. The van der Waals surface area contributed by atoms with Crippen LogP contribution in [0.1, 0.15) is 5.56 Å². The molecule has 1 aromatic carbocycles. The van der Waals surface area contributed by atoms with Gasteiger partial charge in [0.2, 0.25) is 0 Å². The van der Waals surface area contributed by atoms with E-state index in [4.69, 9.17) is 11.6 Å². The number of hydrogen-bond acceptors (Lipinski definition) is 3. The Bertz CT molecular complexity index is 379. The van der Waals surface area contributed by atoms with Gasteiger partial charge in [0.25, 0.3) is 5.69 Å². The molecule has 15 heavy (non-hydrogen) atoms. The number of nitrogens with one attached hydrogen (secondary N) is 1. The topological polar surface area (TPSA) is 55.2 Å². The zero-order valence-corrected chi connectivity index (χ0v) is 8.83. The van der Waals surface area contributed by atoms with Crippen molar-refractivity contribution in [2.24, 2.45) is 0 Å². The second-order valence-electron chi connectivity index (χ2n) is 3.05. The van der Waals surface area contributed by atoms with Crippen LogP contribution in [0.3, 0.4) is 0 Å². The van der Waals surface area contributed by atoms with E-state index in [1.807, 2.05) is 6.07 Å². The monoisotopic (exact) mass is 226 g/mol. The summed E-state index contributed by atoms with van der Waals surface area (Å²) < 4.78 is 0. The molecule has 1 N–H and O–H groups in total. The summed E-state index contributed by atoms with van der Waals surface area (Å²) in [5.74, 6) is 0. The third-order valence-electron chi connectivity index (χ3n) is 1.77. The third kappa shape index (κ3) is 4.10. The van der Waals surface area contributed by atoms with Gasteiger partial charge in [-0.25, -0.2) is 0 Å². The highest BCUT2D eigenvalue weighted by Crippen LogP contribution is 2.12. The minimum Gasteiger partial charge on any atom is -0.308 e. The van der Waals surface area contributed by atoms with Crippen LogP contribution in [0.15, 0.2) is 35.9 Å². The van der Waals surface area contributed by atoms with Crippen molar-refractivity contribution in [3.8, 4) is 0 Å². The van der Waals surface area contributed by atoms with E-state index in [9.17, 15) is 10.1 Å². The largest absolute Gasteiger partial charge is 0.308 e. The van der Waals surface area contributed by atoms with Gasteiger partial charge in [0, 0.05) is 30.3 Å². The van der Waals surface area contributed by atoms with Crippen molar-refractivity contribution in [1.82, 2.24) is 5.32 Å². The molecular weight excluding hydrogens is 216 g/mol. The van der Waals surface area contributed by atoms with Crippen LogP contribution < -0.4 is 5.32 Å². The quantitative estimate of drug-likeness (QED) is 0.620.